The zero-order valence-electron chi connectivity index (χ0n) is 11.9. The fourth-order valence-electron chi connectivity index (χ4n) is 3.00. The number of halogens is 1. The SMILES string of the molecule is CCN(Cc1sc2ccccc2c1Cl)C1CCCNC1. The molecule has 1 saturated heterocycles. The van der Waals surface area contributed by atoms with Crippen molar-refractivity contribution in [1.29, 1.82) is 0 Å². The Morgan fingerprint density at radius 2 is 2.25 bits per heavy atom. The highest BCUT2D eigenvalue weighted by molar-refractivity contribution is 7.19. The first kappa shape index (κ1) is 14.3. The number of nitrogens with one attached hydrogen (secondary N) is 1. The van der Waals surface area contributed by atoms with Crippen molar-refractivity contribution in [3.63, 3.8) is 0 Å². The van der Waals surface area contributed by atoms with Crippen LogP contribution in [-0.2, 0) is 6.54 Å². The zero-order valence-corrected chi connectivity index (χ0v) is 13.4. The number of rotatable bonds is 4. The highest BCUT2D eigenvalue weighted by Gasteiger charge is 2.21. The normalized spacial score (nSPS) is 19.9. The second-order valence-corrected chi connectivity index (χ2v) is 6.91. The van der Waals surface area contributed by atoms with Crippen LogP contribution in [0.25, 0.3) is 10.1 Å². The predicted molar refractivity (Wildman–Crippen MR) is 88.8 cm³/mol. The molecular formula is C16H21ClN2S. The Morgan fingerprint density at radius 1 is 1.40 bits per heavy atom. The molecule has 0 aliphatic carbocycles. The number of hydrogen-bond donors (Lipinski definition) is 1. The number of nitrogens with zero attached hydrogens (tertiary/aromatic N) is 1. The van der Waals surface area contributed by atoms with E-state index in [4.69, 9.17) is 11.6 Å². The Labute approximate surface area is 129 Å². The van der Waals surface area contributed by atoms with Crippen LogP contribution in [0.4, 0.5) is 0 Å². The first-order valence-corrected chi connectivity index (χ1v) is 8.59. The third kappa shape index (κ3) is 2.86. The van der Waals surface area contributed by atoms with Crippen molar-refractivity contribution >= 4 is 33.0 Å². The van der Waals surface area contributed by atoms with E-state index < -0.39 is 0 Å². The van der Waals surface area contributed by atoms with Gasteiger partial charge in [0.15, 0.2) is 0 Å². The molecule has 1 aliphatic heterocycles. The Bertz CT molecular complexity index is 575. The van der Waals surface area contributed by atoms with Gasteiger partial charge in [0, 0.05) is 34.1 Å². The summed E-state index contributed by atoms with van der Waals surface area (Å²) in [4.78, 5) is 3.86. The van der Waals surface area contributed by atoms with E-state index in [0.717, 1.165) is 31.2 Å². The van der Waals surface area contributed by atoms with Gasteiger partial charge in [0.05, 0.1) is 5.02 Å². The summed E-state index contributed by atoms with van der Waals surface area (Å²) in [7, 11) is 0. The number of fused-ring (bicyclic) bond motifs is 1. The number of piperidine rings is 1. The average Bonchev–Trinajstić information content (AvgIpc) is 2.82. The molecule has 1 aromatic carbocycles. The summed E-state index contributed by atoms with van der Waals surface area (Å²) in [5.74, 6) is 0. The van der Waals surface area contributed by atoms with Crippen molar-refractivity contribution in [2.45, 2.75) is 32.4 Å². The molecule has 2 aromatic rings. The summed E-state index contributed by atoms with van der Waals surface area (Å²) in [5.41, 5.74) is 0. The van der Waals surface area contributed by atoms with E-state index in [1.54, 1.807) is 0 Å². The molecule has 0 radical (unpaired) electrons. The van der Waals surface area contributed by atoms with Crippen molar-refractivity contribution < 1.29 is 0 Å². The van der Waals surface area contributed by atoms with Crippen molar-refractivity contribution in [3.8, 4) is 0 Å². The molecular weight excluding hydrogens is 288 g/mol. The van der Waals surface area contributed by atoms with Crippen LogP contribution < -0.4 is 5.32 Å². The smallest absolute Gasteiger partial charge is 0.0637 e. The minimum Gasteiger partial charge on any atom is -0.315 e. The molecule has 3 rings (SSSR count). The van der Waals surface area contributed by atoms with Crippen molar-refractivity contribution in [2.75, 3.05) is 19.6 Å². The topological polar surface area (TPSA) is 15.3 Å². The Kier molecular flexibility index (Phi) is 4.61. The van der Waals surface area contributed by atoms with Crippen LogP contribution in [0.3, 0.4) is 0 Å². The molecule has 4 heteroatoms. The van der Waals surface area contributed by atoms with E-state index in [2.05, 4.69) is 41.4 Å². The van der Waals surface area contributed by atoms with Gasteiger partial charge in [0.2, 0.25) is 0 Å². The molecule has 0 amide bonds. The molecule has 1 N–H and O–H groups in total. The van der Waals surface area contributed by atoms with Gasteiger partial charge < -0.3 is 5.32 Å². The number of hydrogen-bond acceptors (Lipinski definition) is 3. The van der Waals surface area contributed by atoms with Gasteiger partial charge in [-0.2, -0.15) is 0 Å². The summed E-state index contributed by atoms with van der Waals surface area (Å²) in [6.07, 6.45) is 2.57. The molecule has 1 aliphatic rings. The lowest BCUT2D eigenvalue weighted by Gasteiger charge is -2.33. The summed E-state index contributed by atoms with van der Waals surface area (Å²) < 4.78 is 1.30. The van der Waals surface area contributed by atoms with E-state index in [1.165, 1.54) is 27.8 Å². The summed E-state index contributed by atoms with van der Waals surface area (Å²) in [6.45, 7) is 6.57. The molecule has 1 fully saturated rings. The highest BCUT2D eigenvalue weighted by Crippen LogP contribution is 2.36. The van der Waals surface area contributed by atoms with E-state index in [1.807, 2.05) is 11.3 Å². The molecule has 1 unspecified atom stereocenters. The number of likely N-dealkylation sites (N-methyl/N-ethyl adjacent to an activating group) is 1. The van der Waals surface area contributed by atoms with Crippen LogP contribution >= 0.6 is 22.9 Å². The molecule has 20 heavy (non-hydrogen) atoms. The van der Waals surface area contributed by atoms with Gasteiger partial charge in [-0.1, -0.05) is 36.7 Å². The summed E-state index contributed by atoms with van der Waals surface area (Å²) in [6, 6.07) is 9.08. The van der Waals surface area contributed by atoms with Gasteiger partial charge in [0.1, 0.15) is 0 Å². The molecule has 0 saturated carbocycles. The Morgan fingerprint density at radius 3 is 2.95 bits per heavy atom. The van der Waals surface area contributed by atoms with Crippen molar-refractivity contribution in [1.82, 2.24) is 10.2 Å². The quantitative estimate of drug-likeness (QED) is 0.913. The van der Waals surface area contributed by atoms with Crippen LogP contribution in [0.15, 0.2) is 24.3 Å². The first-order valence-electron chi connectivity index (χ1n) is 7.40. The fraction of sp³-hybridized carbons (Fsp3) is 0.500. The number of thiophene rings is 1. The Balaban J connectivity index is 1.81. The maximum absolute atomic E-state index is 6.57. The molecule has 1 aromatic heterocycles. The summed E-state index contributed by atoms with van der Waals surface area (Å²) >= 11 is 8.40. The third-order valence-corrected chi connectivity index (χ3v) is 5.84. The average molecular weight is 309 g/mol. The van der Waals surface area contributed by atoms with Crippen molar-refractivity contribution in [3.05, 3.63) is 34.2 Å². The van der Waals surface area contributed by atoms with E-state index >= 15 is 0 Å². The van der Waals surface area contributed by atoms with Crippen LogP contribution in [0.5, 0.6) is 0 Å². The molecule has 1 atom stereocenters. The van der Waals surface area contributed by atoms with Gasteiger partial charge in [-0.25, -0.2) is 0 Å². The molecule has 2 nitrogen and oxygen atoms in total. The Hall–Kier alpha value is -0.610. The number of benzene rings is 1. The lowest BCUT2D eigenvalue weighted by molar-refractivity contribution is 0.167. The maximum atomic E-state index is 6.57. The molecule has 2 heterocycles. The van der Waals surface area contributed by atoms with Gasteiger partial charge >= 0.3 is 0 Å². The maximum Gasteiger partial charge on any atom is 0.0637 e. The molecule has 108 valence electrons. The first-order chi connectivity index (χ1) is 9.79. The summed E-state index contributed by atoms with van der Waals surface area (Å²) in [5, 5.41) is 5.66. The van der Waals surface area contributed by atoms with E-state index in [0.29, 0.717) is 6.04 Å². The highest BCUT2D eigenvalue weighted by atomic mass is 35.5. The van der Waals surface area contributed by atoms with Crippen molar-refractivity contribution in [2.24, 2.45) is 0 Å². The lowest BCUT2D eigenvalue weighted by atomic mass is 10.1. The standard InChI is InChI=1S/C16H21ClN2S/c1-2-19(12-6-5-9-18-10-12)11-15-16(17)13-7-3-4-8-14(13)20-15/h3-4,7-8,12,18H,2,5-6,9-11H2,1H3. The third-order valence-electron chi connectivity index (χ3n) is 4.14. The second kappa shape index (κ2) is 6.44. The van der Waals surface area contributed by atoms with Crippen LogP contribution in [0.2, 0.25) is 5.02 Å². The minimum absolute atomic E-state index is 0.648. The van der Waals surface area contributed by atoms with Gasteiger partial charge in [-0.3, -0.25) is 4.90 Å². The molecule has 0 spiro atoms. The minimum atomic E-state index is 0.648. The fourth-order valence-corrected chi connectivity index (χ4v) is 4.51. The monoisotopic (exact) mass is 308 g/mol. The largest absolute Gasteiger partial charge is 0.315 e. The van der Waals surface area contributed by atoms with E-state index in [9.17, 15) is 0 Å². The van der Waals surface area contributed by atoms with Crippen LogP contribution in [0.1, 0.15) is 24.6 Å². The predicted octanol–water partition coefficient (Wildman–Crippen LogP) is 4.13. The van der Waals surface area contributed by atoms with Gasteiger partial charge in [-0.15, -0.1) is 11.3 Å². The lowest BCUT2D eigenvalue weighted by Crippen LogP contribution is -2.45. The zero-order chi connectivity index (χ0) is 13.9. The van der Waals surface area contributed by atoms with Gasteiger partial charge in [-0.05, 0) is 32.0 Å². The molecule has 0 bridgehead atoms. The second-order valence-electron chi connectivity index (χ2n) is 5.40. The van der Waals surface area contributed by atoms with E-state index in [-0.39, 0.29) is 0 Å². The van der Waals surface area contributed by atoms with Crippen LogP contribution in [0, 0.1) is 0 Å². The van der Waals surface area contributed by atoms with Gasteiger partial charge in [0.25, 0.3) is 0 Å². The van der Waals surface area contributed by atoms with Crippen LogP contribution in [-0.4, -0.2) is 30.6 Å².